The van der Waals surface area contributed by atoms with Crippen LogP contribution >= 0.6 is 11.6 Å². The quantitative estimate of drug-likeness (QED) is 0.671. The Bertz CT molecular complexity index is 244. The van der Waals surface area contributed by atoms with Gasteiger partial charge in [0.25, 0.3) is 5.91 Å². The van der Waals surface area contributed by atoms with Crippen LogP contribution in [0.15, 0.2) is 16.5 Å². The van der Waals surface area contributed by atoms with Gasteiger partial charge in [-0.15, -0.1) is 0 Å². The second-order valence-electron chi connectivity index (χ2n) is 1.68. The van der Waals surface area contributed by atoms with Crippen LogP contribution in [0.4, 0.5) is 0 Å². The Morgan fingerprint density at radius 1 is 1.70 bits per heavy atom. The summed E-state index contributed by atoms with van der Waals surface area (Å²) in [5.74, 6) is -0.0422. The summed E-state index contributed by atoms with van der Waals surface area (Å²) in [5, 5.41) is 2.62. The number of amides is 1. The Kier molecular flexibility index (Phi) is 1.97. The van der Waals surface area contributed by atoms with Crippen molar-refractivity contribution in [2.24, 2.45) is 0 Å². The summed E-state index contributed by atoms with van der Waals surface area (Å²) in [4.78, 5) is 10.8. The van der Waals surface area contributed by atoms with E-state index < -0.39 is 0 Å². The zero-order valence-corrected chi connectivity index (χ0v) is 6.11. The molecule has 1 aromatic rings. The van der Waals surface area contributed by atoms with Crippen molar-refractivity contribution >= 4 is 17.5 Å². The van der Waals surface area contributed by atoms with Crippen LogP contribution in [0.1, 0.15) is 10.6 Å². The lowest BCUT2D eigenvalue weighted by molar-refractivity contribution is 0.0936. The predicted molar refractivity (Wildman–Crippen MR) is 37.1 cm³/mol. The van der Waals surface area contributed by atoms with Crippen molar-refractivity contribution in [3.63, 3.8) is 0 Å². The molecule has 10 heavy (non-hydrogen) atoms. The van der Waals surface area contributed by atoms with Crippen molar-refractivity contribution in [1.29, 1.82) is 0 Å². The molecule has 0 aliphatic heterocycles. The maximum atomic E-state index is 10.8. The minimum atomic E-state index is -0.271. The number of hydrogen-bond donors (Lipinski definition) is 1. The molecule has 1 heterocycles. The SMILES string of the molecule is CNC(=O)c1ccc(Cl)o1. The van der Waals surface area contributed by atoms with Gasteiger partial charge in [-0.05, 0) is 23.7 Å². The van der Waals surface area contributed by atoms with E-state index in [0.29, 0.717) is 0 Å². The van der Waals surface area contributed by atoms with E-state index in [4.69, 9.17) is 16.0 Å². The second kappa shape index (κ2) is 2.75. The smallest absolute Gasteiger partial charge is 0.286 e. The Hall–Kier alpha value is -0.960. The highest BCUT2D eigenvalue weighted by molar-refractivity contribution is 6.29. The molecular weight excluding hydrogens is 154 g/mol. The second-order valence-corrected chi connectivity index (χ2v) is 2.06. The largest absolute Gasteiger partial charge is 0.440 e. The lowest BCUT2D eigenvalue weighted by Crippen LogP contribution is -2.16. The van der Waals surface area contributed by atoms with Crippen molar-refractivity contribution in [3.05, 3.63) is 23.1 Å². The molecule has 0 radical (unpaired) electrons. The van der Waals surface area contributed by atoms with Crippen LogP contribution in [0.2, 0.25) is 5.22 Å². The summed E-state index contributed by atoms with van der Waals surface area (Å²) in [7, 11) is 1.53. The zero-order valence-electron chi connectivity index (χ0n) is 5.35. The van der Waals surface area contributed by atoms with Gasteiger partial charge in [-0.1, -0.05) is 0 Å². The third kappa shape index (κ3) is 1.30. The molecule has 0 atom stereocenters. The summed E-state index contributed by atoms with van der Waals surface area (Å²) < 4.78 is 4.79. The first kappa shape index (κ1) is 7.15. The van der Waals surface area contributed by atoms with Crippen LogP contribution in [-0.4, -0.2) is 13.0 Å². The average Bonchev–Trinajstić information content (AvgIpc) is 2.34. The number of carbonyl (C=O) groups is 1. The third-order valence-corrected chi connectivity index (χ3v) is 1.23. The molecule has 0 aliphatic carbocycles. The predicted octanol–water partition coefficient (Wildman–Crippen LogP) is 1.29. The normalized spacial score (nSPS) is 9.40. The standard InChI is InChI=1S/C6H6ClNO2/c1-8-6(9)4-2-3-5(7)10-4/h2-3H,1H3,(H,8,9). The molecule has 0 saturated carbocycles. The van der Waals surface area contributed by atoms with Gasteiger partial charge in [0.2, 0.25) is 0 Å². The van der Waals surface area contributed by atoms with Gasteiger partial charge in [-0.3, -0.25) is 4.79 Å². The van der Waals surface area contributed by atoms with Crippen molar-refractivity contribution < 1.29 is 9.21 Å². The molecule has 0 aliphatic rings. The Morgan fingerprint density at radius 2 is 2.40 bits per heavy atom. The van der Waals surface area contributed by atoms with E-state index in [1.165, 1.54) is 19.2 Å². The molecule has 0 saturated heterocycles. The molecule has 0 spiro atoms. The lowest BCUT2D eigenvalue weighted by atomic mass is 10.4. The van der Waals surface area contributed by atoms with Crippen LogP contribution in [-0.2, 0) is 0 Å². The Balaban J connectivity index is 2.85. The van der Waals surface area contributed by atoms with Gasteiger partial charge in [0.05, 0.1) is 0 Å². The molecule has 1 aromatic heterocycles. The lowest BCUT2D eigenvalue weighted by Gasteiger charge is -1.90. The highest BCUT2D eigenvalue weighted by Crippen LogP contribution is 2.12. The molecule has 3 nitrogen and oxygen atoms in total. The van der Waals surface area contributed by atoms with E-state index in [-0.39, 0.29) is 16.9 Å². The third-order valence-electron chi connectivity index (χ3n) is 1.02. The number of hydrogen-bond acceptors (Lipinski definition) is 2. The van der Waals surface area contributed by atoms with E-state index in [0.717, 1.165) is 0 Å². The zero-order chi connectivity index (χ0) is 7.56. The summed E-state index contributed by atoms with van der Waals surface area (Å²) in [6.07, 6.45) is 0. The molecule has 0 aromatic carbocycles. The summed E-state index contributed by atoms with van der Waals surface area (Å²) in [5.41, 5.74) is 0. The van der Waals surface area contributed by atoms with Gasteiger partial charge in [-0.25, -0.2) is 0 Å². The van der Waals surface area contributed by atoms with Gasteiger partial charge < -0.3 is 9.73 Å². The van der Waals surface area contributed by atoms with Gasteiger partial charge in [-0.2, -0.15) is 0 Å². The van der Waals surface area contributed by atoms with E-state index >= 15 is 0 Å². The average molecular weight is 160 g/mol. The van der Waals surface area contributed by atoms with Crippen molar-refractivity contribution in [3.8, 4) is 0 Å². The Labute approximate surface area is 63.0 Å². The highest BCUT2D eigenvalue weighted by atomic mass is 35.5. The number of halogens is 1. The van der Waals surface area contributed by atoms with E-state index in [2.05, 4.69) is 5.32 Å². The van der Waals surface area contributed by atoms with Gasteiger partial charge in [0, 0.05) is 7.05 Å². The fourth-order valence-corrected chi connectivity index (χ4v) is 0.706. The van der Waals surface area contributed by atoms with Crippen LogP contribution in [0, 0.1) is 0 Å². The van der Waals surface area contributed by atoms with Crippen molar-refractivity contribution in [2.45, 2.75) is 0 Å². The number of rotatable bonds is 1. The van der Waals surface area contributed by atoms with Crippen molar-refractivity contribution in [1.82, 2.24) is 5.32 Å². The first-order valence-corrected chi connectivity index (χ1v) is 3.09. The van der Waals surface area contributed by atoms with Gasteiger partial charge >= 0.3 is 0 Å². The fourth-order valence-electron chi connectivity index (χ4n) is 0.560. The Morgan fingerprint density at radius 3 is 2.80 bits per heavy atom. The molecule has 0 fully saturated rings. The van der Waals surface area contributed by atoms with Gasteiger partial charge in [0.15, 0.2) is 11.0 Å². The molecule has 54 valence electrons. The summed E-state index contributed by atoms with van der Waals surface area (Å²) >= 11 is 5.41. The minimum absolute atomic E-state index is 0.221. The molecule has 0 bridgehead atoms. The monoisotopic (exact) mass is 159 g/mol. The number of furan rings is 1. The van der Waals surface area contributed by atoms with Gasteiger partial charge in [0.1, 0.15) is 0 Å². The highest BCUT2D eigenvalue weighted by Gasteiger charge is 2.06. The van der Waals surface area contributed by atoms with Crippen LogP contribution in [0.3, 0.4) is 0 Å². The molecule has 1 rings (SSSR count). The van der Waals surface area contributed by atoms with E-state index in [9.17, 15) is 4.79 Å². The molecule has 4 heteroatoms. The molecule has 1 N–H and O–H groups in total. The van der Waals surface area contributed by atoms with E-state index in [1.807, 2.05) is 0 Å². The number of nitrogens with one attached hydrogen (secondary N) is 1. The topological polar surface area (TPSA) is 42.2 Å². The van der Waals surface area contributed by atoms with Crippen molar-refractivity contribution in [2.75, 3.05) is 7.05 Å². The summed E-state index contributed by atoms with van der Waals surface area (Å²) in [6.45, 7) is 0. The first-order chi connectivity index (χ1) is 4.74. The maximum Gasteiger partial charge on any atom is 0.286 e. The first-order valence-electron chi connectivity index (χ1n) is 2.71. The maximum absolute atomic E-state index is 10.8. The van der Waals surface area contributed by atoms with Crippen LogP contribution < -0.4 is 5.32 Å². The van der Waals surface area contributed by atoms with Crippen LogP contribution in [0.25, 0.3) is 0 Å². The fraction of sp³-hybridized carbons (Fsp3) is 0.167. The van der Waals surface area contributed by atoms with Crippen LogP contribution in [0.5, 0.6) is 0 Å². The number of carbonyl (C=O) groups excluding carboxylic acids is 1. The minimum Gasteiger partial charge on any atom is -0.440 e. The molecule has 0 unspecified atom stereocenters. The molecular formula is C6H6ClNO2. The van der Waals surface area contributed by atoms with E-state index in [1.54, 1.807) is 0 Å². The molecule has 1 amide bonds. The summed E-state index contributed by atoms with van der Waals surface area (Å²) in [6, 6.07) is 3.04.